The molecule has 1 unspecified atom stereocenters. The molecule has 0 aliphatic carbocycles. The minimum absolute atomic E-state index is 0.0726. The summed E-state index contributed by atoms with van der Waals surface area (Å²) in [6.45, 7) is 6.24. The second kappa shape index (κ2) is 4.96. The third-order valence-electron chi connectivity index (χ3n) is 3.67. The van der Waals surface area contributed by atoms with Crippen molar-refractivity contribution in [3.63, 3.8) is 0 Å². The second-order valence-corrected chi connectivity index (χ2v) is 5.10. The van der Waals surface area contributed by atoms with Crippen LogP contribution in [0, 0.1) is 13.8 Å². The molecule has 0 bridgehead atoms. The zero-order valence-corrected chi connectivity index (χ0v) is 12.1. The van der Waals surface area contributed by atoms with Crippen molar-refractivity contribution in [3.05, 3.63) is 38.8 Å². The highest BCUT2D eigenvalue weighted by atomic mass is 16.6. The van der Waals surface area contributed by atoms with Crippen molar-refractivity contribution in [2.75, 3.05) is 13.2 Å². The first kappa shape index (κ1) is 13.8. The molecule has 0 saturated carbocycles. The van der Waals surface area contributed by atoms with Crippen molar-refractivity contribution in [2.45, 2.75) is 26.9 Å². The van der Waals surface area contributed by atoms with Gasteiger partial charge in [-0.25, -0.2) is 9.89 Å². The van der Waals surface area contributed by atoms with Gasteiger partial charge in [-0.3, -0.25) is 4.79 Å². The van der Waals surface area contributed by atoms with Gasteiger partial charge >= 0.3 is 5.97 Å². The Bertz CT molecular complexity index is 790. The first-order valence-electron chi connectivity index (χ1n) is 6.85. The summed E-state index contributed by atoms with van der Waals surface area (Å²) in [5.41, 5.74) is 2.24. The van der Waals surface area contributed by atoms with E-state index in [1.807, 2.05) is 13.0 Å². The highest BCUT2D eigenvalue weighted by Gasteiger charge is 2.30. The molecular weight excluding hydrogens is 272 g/mol. The van der Waals surface area contributed by atoms with E-state index in [2.05, 4.69) is 10.2 Å². The Morgan fingerprint density at radius 3 is 2.86 bits per heavy atom. The number of nitrogens with zero attached hydrogens (tertiary/aromatic N) is 1. The van der Waals surface area contributed by atoms with Crippen molar-refractivity contribution in [1.82, 2.24) is 10.2 Å². The van der Waals surface area contributed by atoms with Crippen molar-refractivity contribution in [3.8, 4) is 0 Å². The summed E-state index contributed by atoms with van der Waals surface area (Å²) >= 11 is 0. The summed E-state index contributed by atoms with van der Waals surface area (Å²) in [6.07, 6.45) is -0.0726. The maximum atomic E-state index is 12.1. The highest BCUT2D eigenvalue weighted by Crippen LogP contribution is 2.34. The van der Waals surface area contributed by atoms with Gasteiger partial charge in [-0.05, 0) is 38.0 Å². The fourth-order valence-electron chi connectivity index (χ4n) is 2.67. The SMILES string of the molecule is CCOC(=O)c1c(C)cc2c(C3CO3)n[nH]c(=O)c2c1C. The van der Waals surface area contributed by atoms with Crippen molar-refractivity contribution < 1.29 is 14.3 Å². The Morgan fingerprint density at radius 2 is 2.24 bits per heavy atom. The van der Waals surface area contributed by atoms with Gasteiger partial charge in [-0.15, -0.1) is 0 Å². The summed E-state index contributed by atoms with van der Waals surface area (Å²) in [5, 5.41) is 7.78. The molecular formula is C15H16N2O4. The number of H-pyrrole nitrogens is 1. The first-order valence-corrected chi connectivity index (χ1v) is 6.85. The number of ether oxygens (including phenoxy) is 2. The van der Waals surface area contributed by atoms with Crippen LogP contribution in [0.3, 0.4) is 0 Å². The lowest BCUT2D eigenvalue weighted by Crippen LogP contribution is -2.16. The van der Waals surface area contributed by atoms with Gasteiger partial charge in [0.1, 0.15) is 11.8 Å². The lowest BCUT2D eigenvalue weighted by Gasteiger charge is -2.12. The van der Waals surface area contributed by atoms with Crippen LogP contribution in [0.5, 0.6) is 0 Å². The van der Waals surface area contributed by atoms with Gasteiger partial charge in [0.05, 0.1) is 24.2 Å². The van der Waals surface area contributed by atoms with Crippen molar-refractivity contribution in [2.24, 2.45) is 0 Å². The van der Waals surface area contributed by atoms with Gasteiger partial charge in [0, 0.05) is 5.39 Å². The standard InChI is InChI=1S/C15H16N2O4/c1-4-20-15(19)11-7(2)5-9-12(8(11)3)14(18)17-16-13(9)10-6-21-10/h5,10H,4,6H2,1-3H3,(H,17,18). The Kier molecular flexibility index (Phi) is 3.25. The Hall–Kier alpha value is -2.21. The second-order valence-electron chi connectivity index (χ2n) is 5.10. The number of carbonyl (C=O) groups excluding carboxylic acids is 1. The Morgan fingerprint density at radius 1 is 1.52 bits per heavy atom. The smallest absolute Gasteiger partial charge is 0.338 e. The predicted octanol–water partition coefficient (Wildman–Crippen LogP) is 1.79. The number of epoxide rings is 1. The molecule has 1 aliphatic heterocycles. The summed E-state index contributed by atoms with van der Waals surface area (Å²) < 4.78 is 10.3. The number of aryl methyl sites for hydroxylation is 2. The lowest BCUT2D eigenvalue weighted by atomic mass is 9.95. The number of esters is 1. The van der Waals surface area contributed by atoms with Gasteiger partial charge in [0.2, 0.25) is 0 Å². The molecule has 3 rings (SSSR count). The molecule has 0 spiro atoms. The zero-order chi connectivity index (χ0) is 15.1. The van der Waals surface area contributed by atoms with Gasteiger partial charge in [0.25, 0.3) is 5.56 Å². The Balaban J connectivity index is 2.32. The number of aromatic amines is 1. The van der Waals surface area contributed by atoms with Gasteiger partial charge in [-0.1, -0.05) is 0 Å². The highest BCUT2D eigenvalue weighted by molar-refractivity contribution is 6.00. The van der Waals surface area contributed by atoms with Crippen LogP contribution in [0.15, 0.2) is 10.9 Å². The van der Waals surface area contributed by atoms with E-state index < -0.39 is 5.97 Å². The third kappa shape index (κ3) is 2.21. The summed E-state index contributed by atoms with van der Waals surface area (Å²) in [6, 6.07) is 1.81. The zero-order valence-electron chi connectivity index (χ0n) is 12.1. The molecule has 1 aliphatic rings. The quantitative estimate of drug-likeness (QED) is 0.687. The van der Waals surface area contributed by atoms with E-state index in [0.29, 0.717) is 35.4 Å². The van der Waals surface area contributed by atoms with E-state index in [1.54, 1.807) is 13.8 Å². The van der Waals surface area contributed by atoms with Crippen LogP contribution in [-0.4, -0.2) is 29.4 Å². The van der Waals surface area contributed by atoms with Gasteiger partial charge < -0.3 is 9.47 Å². The normalized spacial score (nSPS) is 17.0. The molecule has 1 N–H and O–H groups in total. The largest absolute Gasteiger partial charge is 0.462 e. The van der Waals surface area contributed by atoms with Crippen LogP contribution in [0.2, 0.25) is 0 Å². The summed E-state index contributed by atoms with van der Waals surface area (Å²) in [4.78, 5) is 24.2. The maximum absolute atomic E-state index is 12.1. The van der Waals surface area contributed by atoms with Crippen LogP contribution in [0.25, 0.3) is 10.8 Å². The van der Waals surface area contributed by atoms with E-state index in [-0.39, 0.29) is 11.7 Å². The topological polar surface area (TPSA) is 84.6 Å². The molecule has 1 aromatic carbocycles. The molecule has 21 heavy (non-hydrogen) atoms. The summed E-state index contributed by atoms with van der Waals surface area (Å²) in [5.74, 6) is -0.408. The molecule has 0 radical (unpaired) electrons. The molecule has 2 aromatic rings. The molecule has 1 atom stereocenters. The molecule has 1 saturated heterocycles. The van der Waals surface area contributed by atoms with Crippen molar-refractivity contribution >= 4 is 16.7 Å². The van der Waals surface area contributed by atoms with E-state index in [1.165, 1.54) is 0 Å². The van der Waals surface area contributed by atoms with Crippen LogP contribution < -0.4 is 5.56 Å². The Labute approximate surface area is 121 Å². The van der Waals surface area contributed by atoms with E-state index in [0.717, 1.165) is 10.9 Å². The van der Waals surface area contributed by atoms with Gasteiger partial charge in [-0.2, -0.15) is 5.10 Å². The number of hydrogen-bond acceptors (Lipinski definition) is 5. The van der Waals surface area contributed by atoms with E-state index in [4.69, 9.17) is 9.47 Å². The molecule has 6 nitrogen and oxygen atoms in total. The van der Waals surface area contributed by atoms with Crippen LogP contribution in [0.1, 0.15) is 40.2 Å². The fourth-order valence-corrected chi connectivity index (χ4v) is 2.67. The first-order chi connectivity index (χ1) is 10.0. The number of carbonyl (C=O) groups is 1. The lowest BCUT2D eigenvalue weighted by molar-refractivity contribution is 0.0525. The van der Waals surface area contributed by atoms with Crippen LogP contribution >= 0.6 is 0 Å². The number of nitrogens with one attached hydrogen (secondary N) is 1. The molecule has 1 aromatic heterocycles. The van der Waals surface area contributed by atoms with Crippen LogP contribution in [-0.2, 0) is 9.47 Å². The third-order valence-corrected chi connectivity index (χ3v) is 3.67. The summed E-state index contributed by atoms with van der Waals surface area (Å²) in [7, 11) is 0. The number of rotatable bonds is 3. The fraction of sp³-hybridized carbons (Fsp3) is 0.400. The molecule has 1 fully saturated rings. The number of hydrogen-bond donors (Lipinski definition) is 1. The minimum Gasteiger partial charge on any atom is -0.462 e. The predicted molar refractivity (Wildman–Crippen MR) is 76.5 cm³/mol. The number of benzene rings is 1. The molecule has 6 heteroatoms. The van der Waals surface area contributed by atoms with Crippen molar-refractivity contribution in [1.29, 1.82) is 0 Å². The maximum Gasteiger partial charge on any atom is 0.338 e. The number of fused-ring (bicyclic) bond motifs is 1. The average molecular weight is 288 g/mol. The average Bonchev–Trinajstić information content (AvgIpc) is 3.23. The van der Waals surface area contributed by atoms with E-state index in [9.17, 15) is 9.59 Å². The van der Waals surface area contributed by atoms with E-state index >= 15 is 0 Å². The minimum atomic E-state index is -0.408. The monoisotopic (exact) mass is 288 g/mol. The molecule has 2 heterocycles. The van der Waals surface area contributed by atoms with Crippen LogP contribution in [0.4, 0.5) is 0 Å². The molecule has 110 valence electrons. The molecule has 0 amide bonds. The number of aromatic nitrogens is 2. The van der Waals surface area contributed by atoms with Gasteiger partial charge in [0.15, 0.2) is 0 Å².